The van der Waals surface area contributed by atoms with Gasteiger partial charge >= 0.3 is 6.09 Å². The number of carbonyl (C=O) groups excluding carboxylic acids is 4. The fraction of sp³-hybridized carbons (Fsp3) is 0.333. The topological polar surface area (TPSA) is 140 Å². The van der Waals surface area contributed by atoms with Gasteiger partial charge in [0.15, 0.2) is 0 Å². The van der Waals surface area contributed by atoms with Crippen molar-refractivity contribution < 1.29 is 23.9 Å². The highest BCUT2D eigenvalue weighted by molar-refractivity contribution is 5.92. The van der Waals surface area contributed by atoms with Crippen molar-refractivity contribution in [3.8, 4) is 0 Å². The molecule has 2 rings (SSSR count). The van der Waals surface area contributed by atoms with Crippen molar-refractivity contribution in [1.29, 1.82) is 0 Å². The van der Waals surface area contributed by atoms with E-state index in [0.29, 0.717) is 5.69 Å². The maximum Gasteiger partial charge on any atom is 0.408 e. The molecule has 4 amide bonds. The summed E-state index contributed by atoms with van der Waals surface area (Å²) < 4.78 is 5.16. The Morgan fingerprint density at radius 1 is 0.909 bits per heavy atom. The first kappa shape index (κ1) is 25.4. The Hall–Kier alpha value is -3.88. The molecular formula is C24H30N4O5. The van der Waals surface area contributed by atoms with Crippen LogP contribution in [0.25, 0.3) is 0 Å². The number of ether oxygens (including phenoxy) is 1. The molecule has 0 bridgehead atoms. The molecule has 33 heavy (non-hydrogen) atoms. The van der Waals surface area contributed by atoms with Crippen LogP contribution in [0.4, 0.5) is 10.5 Å². The minimum Gasteiger partial charge on any atom is -0.445 e. The van der Waals surface area contributed by atoms with Crippen LogP contribution in [0.5, 0.6) is 0 Å². The second kappa shape index (κ2) is 12.8. The number of nitrogens with two attached hydrogens (primary N) is 1. The lowest BCUT2D eigenvalue weighted by atomic mass is 10.1. The number of amides is 4. The third kappa shape index (κ3) is 9.42. The highest BCUT2D eigenvalue weighted by atomic mass is 16.5. The van der Waals surface area contributed by atoms with E-state index in [4.69, 9.17) is 10.5 Å². The normalized spacial score (nSPS) is 11.4. The minimum atomic E-state index is -0.981. The summed E-state index contributed by atoms with van der Waals surface area (Å²) >= 11 is 0. The minimum absolute atomic E-state index is 0.0434. The first-order chi connectivity index (χ1) is 15.7. The van der Waals surface area contributed by atoms with Crippen LogP contribution in [-0.2, 0) is 32.3 Å². The van der Waals surface area contributed by atoms with Crippen molar-refractivity contribution >= 4 is 29.5 Å². The van der Waals surface area contributed by atoms with Gasteiger partial charge in [-0.3, -0.25) is 14.4 Å². The van der Waals surface area contributed by atoms with Crippen molar-refractivity contribution in [2.75, 3.05) is 5.32 Å². The zero-order chi connectivity index (χ0) is 24.2. The largest absolute Gasteiger partial charge is 0.445 e. The van der Waals surface area contributed by atoms with Crippen LogP contribution in [0, 0.1) is 5.92 Å². The molecule has 0 unspecified atom stereocenters. The van der Waals surface area contributed by atoms with Gasteiger partial charge in [-0.1, -0.05) is 56.3 Å². The number of nitrogens with one attached hydrogen (secondary N) is 3. The molecule has 0 aliphatic carbocycles. The van der Waals surface area contributed by atoms with Gasteiger partial charge in [-0.2, -0.15) is 0 Å². The molecule has 176 valence electrons. The van der Waals surface area contributed by atoms with Gasteiger partial charge in [-0.05, 0) is 29.7 Å². The average Bonchev–Trinajstić information content (AvgIpc) is 2.80. The molecule has 5 N–H and O–H groups in total. The summed E-state index contributed by atoms with van der Waals surface area (Å²) in [6, 6.07) is 15.2. The highest BCUT2D eigenvalue weighted by Crippen LogP contribution is 2.11. The Morgan fingerprint density at radius 3 is 2.18 bits per heavy atom. The molecule has 0 fully saturated rings. The van der Waals surface area contributed by atoms with E-state index in [1.54, 1.807) is 38.1 Å². The van der Waals surface area contributed by atoms with Gasteiger partial charge in [-0.15, -0.1) is 0 Å². The Balaban J connectivity index is 1.89. The summed E-state index contributed by atoms with van der Waals surface area (Å²) in [6.07, 6.45) is -0.794. The lowest BCUT2D eigenvalue weighted by Gasteiger charge is -2.18. The van der Waals surface area contributed by atoms with Gasteiger partial charge in [0.25, 0.3) is 0 Å². The zero-order valence-corrected chi connectivity index (χ0v) is 18.8. The van der Waals surface area contributed by atoms with Gasteiger partial charge in [0.1, 0.15) is 12.6 Å². The Kier molecular flexibility index (Phi) is 9.88. The SMILES string of the molecule is CC(C)C(=O)Nc1ccc(CNC(=O)[C@H](CCC(N)=O)NC(=O)OCc2ccccc2)cc1. The van der Waals surface area contributed by atoms with Crippen LogP contribution in [0.1, 0.15) is 37.8 Å². The van der Waals surface area contributed by atoms with Crippen molar-refractivity contribution in [3.05, 3.63) is 65.7 Å². The predicted octanol–water partition coefficient (Wildman–Crippen LogP) is 2.46. The molecule has 9 nitrogen and oxygen atoms in total. The highest BCUT2D eigenvalue weighted by Gasteiger charge is 2.22. The standard InChI is InChI=1S/C24H30N4O5/c1-16(2)22(30)27-19-10-8-17(9-11-19)14-26-23(31)20(12-13-21(25)29)28-24(32)33-15-18-6-4-3-5-7-18/h3-11,16,20H,12-15H2,1-2H3,(H2,25,29)(H,26,31)(H,27,30)(H,28,32)/t20-/m0/s1. The molecule has 0 aliphatic heterocycles. The van der Waals surface area contributed by atoms with Crippen LogP contribution in [0.2, 0.25) is 0 Å². The number of rotatable bonds is 11. The smallest absolute Gasteiger partial charge is 0.408 e. The molecule has 0 spiro atoms. The summed E-state index contributed by atoms with van der Waals surface area (Å²) in [5.74, 6) is -1.26. The van der Waals surface area contributed by atoms with Crippen molar-refractivity contribution in [2.45, 2.75) is 45.9 Å². The number of hydrogen-bond acceptors (Lipinski definition) is 5. The quantitative estimate of drug-likeness (QED) is 0.413. The lowest BCUT2D eigenvalue weighted by Crippen LogP contribution is -2.47. The molecule has 0 saturated carbocycles. The molecule has 1 atom stereocenters. The number of primary amides is 1. The van der Waals surface area contributed by atoms with Crippen LogP contribution in [0.3, 0.4) is 0 Å². The Bertz CT molecular complexity index is 945. The summed E-state index contributed by atoms with van der Waals surface area (Å²) in [7, 11) is 0. The predicted molar refractivity (Wildman–Crippen MR) is 124 cm³/mol. The van der Waals surface area contributed by atoms with E-state index in [-0.39, 0.29) is 37.8 Å². The number of alkyl carbamates (subject to hydrolysis) is 1. The maximum absolute atomic E-state index is 12.6. The fourth-order valence-electron chi connectivity index (χ4n) is 2.77. The van der Waals surface area contributed by atoms with Crippen LogP contribution in [-0.4, -0.2) is 29.9 Å². The third-order valence-electron chi connectivity index (χ3n) is 4.71. The van der Waals surface area contributed by atoms with E-state index in [2.05, 4.69) is 16.0 Å². The van der Waals surface area contributed by atoms with Crippen molar-refractivity contribution in [1.82, 2.24) is 10.6 Å². The lowest BCUT2D eigenvalue weighted by molar-refractivity contribution is -0.124. The van der Waals surface area contributed by atoms with Crippen molar-refractivity contribution in [2.24, 2.45) is 11.7 Å². The van der Waals surface area contributed by atoms with Crippen LogP contribution in [0.15, 0.2) is 54.6 Å². The van der Waals surface area contributed by atoms with E-state index in [1.807, 2.05) is 30.3 Å². The molecule has 2 aromatic carbocycles. The third-order valence-corrected chi connectivity index (χ3v) is 4.71. The fourth-order valence-corrected chi connectivity index (χ4v) is 2.77. The van der Waals surface area contributed by atoms with Gasteiger partial charge in [-0.25, -0.2) is 4.79 Å². The summed E-state index contributed by atoms with van der Waals surface area (Å²) in [5, 5.41) is 8.02. The second-order valence-corrected chi connectivity index (χ2v) is 7.82. The molecule has 2 aromatic rings. The molecular weight excluding hydrogens is 424 g/mol. The first-order valence-electron chi connectivity index (χ1n) is 10.7. The van der Waals surface area contributed by atoms with E-state index >= 15 is 0 Å². The first-order valence-corrected chi connectivity index (χ1v) is 10.7. The van der Waals surface area contributed by atoms with Gasteiger partial charge < -0.3 is 26.4 Å². The van der Waals surface area contributed by atoms with E-state index < -0.39 is 23.9 Å². The van der Waals surface area contributed by atoms with Gasteiger partial charge in [0.05, 0.1) is 0 Å². The Labute approximate surface area is 193 Å². The molecule has 0 heterocycles. The molecule has 9 heteroatoms. The monoisotopic (exact) mass is 454 g/mol. The van der Waals surface area contributed by atoms with Crippen molar-refractivity contribution in [3.63, 3.8) is 0 Å². The van der Waals surface area contributed by atoms with E-state index in [1.165, 1.54) is 0 Å². The molecule has 0 radical (unpaired) electrons. The number of carbonyl (C=O) groups is 4. The number of hydrogen-bond donors (Lipinski definition) is 4. The number of anilines is 1. The summed E-state index contributed by atoms with van der Waals surface area (Å²) in [5.41, 5.74) is 7.45. The van der Waals surface area contributed by atoms with Crippen LogP contribution < -0.4 is 21.7 Å². The summed E-state index contributed by atoms with van der Waals surface area (Å²) in [4.78, 5) is 47.7. The summed E-state index contributed by atoms with van der Waals surface area (Å²) in [6.45, 7) is 3.86. The zero-order valence-electron chi connectivity index (χ0n) is 18.8. The van der Waals surface area contributed by atoms with Gasteiger partial charge in [0.2, 0.25) is 17.7 Å². The maximum atomic E-state index is 12.6. The Morgan fingerprint density at radius 2 is 1.58 bits per heavy atom. The molecule has 0 saturated heterocycles. The average molecular weight is 455 g/mol. The van der Waals surface area contributed by atoms with E-state index in [9.17, 15) is 19.2 Å². The molecule has 0 aliphatic rings. The molecule has 0 aromatic heterocycles. The van der Waals surface area contributed by atoms with E-state index in [0.717, 1.165) is 11.1 Å². The van der Waals surface area contributed by atoms with Gasteiger partial charge in [0, 0.05) is 24.6 Å². The second-order valence-electron chi connectivity index (χ2n) is 7.82. The number of benzene rings is 2. The van der Waals surface area contributed by atoms with Crippen LogP contribution >= 0.6 is 0 Å².